The van der Waals surface area contributed by atoms with E-state index in [0.717, 1.165) is 32.0 Å². The van der Waals surface area contributed by atoms with E-state index < -0.39 is 11.7 Å². The molecule has 1 aromatic rings. The topological polar surface area (TPSA) is 29.3 Å². The molecule has 0 saturated carbocycles. The van der Waals surface area contributed by atoms with Crippen LogP contribution < -0.4 is 5.73 Å². The highest BCUT2D eigenvalue weighted by Crippen LogP contribution is 2.29. The number of alkyl halides is 3. The molecule has 2 rings (SSSR count). The maximum absolute atomic E-state index is 12.6. The minimum absolute atomic E-state index is 0. The maximum atomic E-state index is 12.6. The van der Waals surface area contributed by atoms with Crippen molar-refractivity contribution in [3.8, 4) is 0 Å². The lowest BCUT2D eigenvalue weighted by Gasteiger charge is -2.30. The predicted molar refractivity (Wildman–Crippen MR) is 71.2 cm³/mol. The van der Waals surface area contributed by atoms with Crippen LogP contribution in [-0.2, 0) is 12.7 Å². The van der Waals surface area contributed by atoms with E-state index in [9.17, 15) is 13.2 Å². The molecule has 19 heavy (non-hydrogen) atoms. The van der Waals surface area contributed by atoms with Gasteiger partial charge in [-0.15, -0.1) is 12.4 Å². The predicted octanol–water partition coefficient (Wildman–Crippen LogP) is 3.05. The van der Waals surface area contributed by atoms with Crippen molar-refractivity contribution < 1.29 is 13.2 Å². The smallest absolute Gasteiger partial charge is 0.328 e. The molecule has 1 aliphatic rings. The molecular formula is C13H18ClF3N2. The third-order valence-corrected chi connectivity index (χ3v) is 3.29. The summed E-state index contributed by atoms with van der Waals surface area (Å²) in [5.74, 6) is 0. The van der Waals surface area contributed by atoms with Crippen molar-refractivity contribution in [3.05, 3.63) is 35.4 Å². The maximum Gasteiger partial charge on any atom is 0.416 e. The standard InChI is InChI=1S/C13H17F3N2.ClH/c14-13(15,16)11-3-1-2-10(8-11)9-18-6-4-12(17)5-7-18;/h1-3,8,12H,4-7,9,17H2;1H. The molecule has 108 valence electrons. The summed E-state index contributed by atoms with van der Waals surface area (Å²) in [6, 6.07) is 5.78. The molecule has 0 radical (unpaired) electrons. The molecule has 1 saturated heterocycles. The summed E-state index contributed by atoms with van der Waals surface area (Å²) in [6.07, 6.45) is -2.43. The van der Waals surface area contributed by atoms with E-state index in [1.54, 1.807) is 6.07 Å². The van der Waals surface area contributed by atoms with E-state index >= 15 is 0 Å². The third kappa shape index (κ3) is 4.67. The highest BCUT2D eigenvalue weighted by atomic mass is 35.5. The fraction of sp³-hybridized carbons (Fsp3) is 0.538. The Morgan fingerprint density at radius 3 is 2.42 bits per heavy atom. The van der Waals surface area contributed by atoms with Crippen molar-refractivity contribution in [2.45, 2.75) is 31.6 Å². The molecule has 6 heteroatoms. The molecule has 1 aliphatic heterocycles. The Morgan fingerprint density at radius 2 is 1.84 bits per heavy atom. The largest absolute Gasteiger partial charge is 0.416 e. The molecule has 2 nitrogen and oxygen atoms in total. The minimum Gasteiger partial charge on any atom is -0.328 e. The number of nitrogens with zero attached hydrogens (tertiary/aromatic N) is 1. The van der Waals surface area contributed by atoms with Gasteiger partial charge in [0.25, 0.3) is 0 Å². The van der Waals surface area contributed by atoms with Gasteiger partial charge >= 0.3 is 6.18 Å². The number of benzene rings is 1. The Hall–Kier alpha value is -0.780. The Morgan fingerprint density at radius 1 is 1.21 bits per heavy atom. The van der Waals surface area contributed by atoms with Gasteiger partial charge < -0.3 is 5.73 Å². The molecule has 0 unspecified atom stereocenters. The number of likely N-dealkylation sites (tertiary alicyclic amines) is 1. The Labute approximate surface area is 117 Å². The zero-order valence-corrected chi connectivity index (χ0v) is 11.3. The number of nitrogens with two attached hydrogens (primary N) is 1. The van der Waals surface area contributed by atoms with E-state index in [2.05, 4.69) is 4.90 Å². The average molecular weight is 295 g/mol. The first-order valence-corrected chi connectivity index (χ1v) is 6.09. The van der Waals surface area contributed by atoms with E-state index in [0.29, 0.717) is 12.1 Å². The molecule has 0 bridgehead atoms. The summed E-state index contributed by atoms with van der Waals surface area (Å²) in [5, 5.41) is 0. The van der Waals surface area contributed by atoms with Crippen LogP contribution in [0.5, 0.6) is 0 Å². The molecule has 1 aromatic carbocycles. The van der Waals surface area contributed by atoms with E-state index in [1.165, 1.54) is 12.1 Å². The number of rotatable bonds is 2. The number of hydrogen-bond donors (Lipinski definition) is 1. The third-order valence-electron chi connectivity index (χ3n) is 3.29. The molecule has 0 spiro atoms. The van der Waals surface area contributed by atoms with Crippen LogP contribution in [0.4, 0.5) is 13.2 Å². The van der Waals surface area contributed by atoms with Crippen molar-refractivity contribution >= 4 is 12.4 Å². The van der Waals surface area contributed by atoms with Crippen LogP contribution >= 0.6 is 12.4 Å². The Bertz CT molecular complexity index is 401. The first kappa shape index (κ1) is 16.3. The molecule has 0 atom stereocenters. The van der Waals surface area contributed by atoms with Crippen LogP contribution in [-0.4, -0.2) is 24.0 Å². The lowest BCUT2D eigenvalue weighted by atomic mass is 10.0. The fourth-order valence-corrected chi connectivity index (χ4v) is 2.22. The summed E-state index contributed by atoms with van der Waals surface area (Å²) < 4.78 is 37.7. The molecule has 0 aromatic heterocycles. The number of halogens is 4. The fourth-order valence-electron chi connectivity index (χ4n) is 2.22. The lowest BCUT2D eigenvalue weighted by molar-refractivity contribution is -0.137. The van der Waals surface area contributed by atoms with Crippen molar-refractivity contribution in [2.75, 3.05) is 13.1 Å². The second kappa shape index (κ2) is 6.59. The summed E-state index contributed by atoms with van der Waals surface area (Å²) in [7, 11) is 0. The molecule has 0 amide bonds. The van der Waals surface area contributed by atoms with Crippen LogP contribution in [0.15, 0.2) is 24.3 Å². The quantitative estimate of drug-likeness (QED) is 0.908. The molecular weight excluding hydrogens is 277 g/mol. The zero-order valence-electron chi connectivity index (χ0n) is 10.5. The van der Waals surface area contributed by atoms with Crippen LogP contribution in [0.25, 0.3) is 0 Å². The summed E-state index contributed by atoms with van der Waals surface area (Å²) >= 11 is 0. The van der Waals surface area contributed by atoms with Gasteiger partial charge in [0, 0.05) is 12.6 Å². The Balaban J connectivity index is 0.00000180. The second-order valence-corrected chi connectivity index (χ2v) is 4.81. The van der Waals surface area contributed by atoms with E-state index in [4.69, 9.17) is 5.73 Å². The normalized spacial score (nSPS) is 18.1. The summed E-state index contributed by atoms with van der Waals surface area (Å²) in [4.78, 5) is 2.15. The van der Waals surface area contributed by atoms with Crippen LogP contribution in [0.1, 0.15) is 24.0 Å². The van der Waals surface area contributed by atoms with Crippen LogP contribution in [0, 0.1) is 0 Å². The van der Waals surface area contributed by atoms with Gasteiger partial charge in [0.05, 0.1) is 5.56 Å². The SMILES string of the molecule is Cl.NC1CCN(Cc2cccc(C(F)(F)F)c2)CC1. The average Bonchev–Trinajstić information content (AvgIpc) is 2.31. The minimum atomic E-state index is -4.26. The zero-order chi connectivity index (χ0) is 13.2. The van der Waals surface area contributed by atoms with Gasteiger partial charge in [-0.1, -0.05) is 18.2 Å². The Kier molecular flexibility index (Phi) is 5.64. The number of hydrogen-bond acceptors (Lipinski definition) is 2. The van der Waals surface area contributed by atoms with Gasteiger partial charge in [0.15, 0.2) is 0 Å². The van der Waals surface area contributed by atoms with Gasteiger partial charge in [-0.25, -0.2) is 0 Å². The highest BCUT2D eigenvalue weighted by Gasteiger charge is 2.30. The van der Waals surface area contributed by atoms with Gasteiger partial charge in [-0.2, -0.15) is 13.2 Å². The molecule has 1 heterocycles. The van der Waals surface area contributed by atoms with Crippen LogP contribution in [0.2, 0.25) is 0 Å². The van der Waals surface area contributed by atoms with Gasteiger partial charge in [0.2, 0.25) is 0 Å². The molecule has 2 N–H and O–H groups in total. The van der Waals surface area contributed by atoms with Crippen molar-refractivity contribution in [1.82, 2.24) is 4.90 Å². The van der Waals surface area contributed by atoms with Gasteiger partial charge in [-0.3, -0.25) is 4.90 Å². The first-order chi connectivity index (χ1) is 8.45. The van der Waals surface area contributed by atoms with Crippen molar-refractivity contribution in [3.63, 3.8) is 0 Å². The first-order valence-electron chi connectivity index (χ1n) is 6.09. The van der Waals surface area contributed by atoms with E-state index in [1.807, 2.05) is 0 Å². The second-order valence-electron chi connectivity index (χ2n) is 4.81. The molecule has 0 aliphatic carbocycles. The molecule has 1 fully saturated rings. The number of piperidine rings is 1. The van der Waals surface area contributed by atoms with Gasteiger partial charge in [-0.05, 0) is 37.6 Å². The summed E-state index contributed by atoms with van der Waals surface area (Å²) in [5.41, 5.74) is 5.93. The van der Waals surface area contributed by atoms with Gasteiger partial charge in [0.1, 0.15) is 0 Å². The lowest BCUT2D eigenvalue weighted by Crippen LogP contribution is -2.39. The van der Waals surface area contributed by atoms with E-state index in [-0.39, 0.29) is 18.4 Å². The highest BCUT2D eigenvalue weighted by molar-refractivity contribution is 5.85. The van der Waals surface area contributed by atoms with Crippen molar-refractivity contribution in [2.24, 2.45) is 5.73 Å². The van der Waals surface area contributed by atoms with Crippen molar-refractivity contribution in [1.29, 1.82) is 0 Å². The summed E-state index contributed by atoms with van der Waals surface area (Å²) in [6.45, 7) is 2.28. The van der Waals surface area contributed by atoms with Crippen LogP contribution in [0.3, 0.4) is 0 Å². The monoisotopic (exact) mass is 294 g/mol.